The molecule has 10 nitrogen and oxygen atoms in total. The lowest BCUT2D eigenvalue weighted by atomic mass is 9.68. The zero-order valence-electron chi connectivity index (χ0n) is 26.9. The molecule has 252 valence electrons. The van der Waals surface area contributed by atoms with Crippen molar-refractivity contribution in [2.45, 2.75) is 73.4 Å². The van der Waals surface area contributed by atoms with Crippen LogP contribution in [0.15, 0.2) is 53.4 Å². The molecular formula is C35H42ClN3O7S. The Hall–Kier alpha value is -3.28. The van der Waals surface area contributed by atoms with Crippen molar-refractivity contribution in [3.8, 4) is 5.75 Å². The van der Waals surface area contributed by atoms with Crippen molar-refractivity contribution in [3.63, 3.8) is 0 Å². The first kappa shape index (κ1) is 32.3. The molecule has 3 aliphatic carbocycles. The standard InChI is InChI=1S/C35H42ClN3O7S/c1-38(2)33(41)46-30-7-4-17-45-35(15-5-16-35)32(40)37-47(42,43)26-10-13-31-29(19-26)39(20-24-8-11-27(24)30)21-34(22-44-31)14-3-6-23-18-25(36)9-12-28(23)34/h4,7,9-10,12-13,18-19,24,27,30H,3,5-6,8,11,14-17,20-22H2,1-2H3,(H,37,40)/b7-4+/t24-,27+,30-,34-/m0/s1. The highest BCUT2D eigenvalue weighted by Crippen LogP contribution is 2.47. The summed E-state index contributed by atoms with van der Waals surface area (Å²) in [6.45, 7) is 1.76. The number of halogens is 1. The first-order valence-electron chi connectivity index (χ1n) is 16.6. The van der Waals surface area contributed by atoms with E-state index in [2.05, 4.69) is 15.7 Å². The molecule has 2 bridgehead atoms. The Balaban J connectivity index is 1.31. The van der Waals surface area contributed by atoms with E-state index in [1.54, 1.807) is 32.3 Å². The molecular weight excluding hydrogens is 642 g/mol. The summed E-state index contributed by atoms with van der Waals surface area (Å²) in [5.41, 5.74) is 1.53. The van der Waals surface area contributed by atoms with Crippen molar-refractivity contribution in [1.82, 2.24) is 9.62 Å². The number of nitrogens with one attached hydrogen (secondary N) is 1. The van der Waals surface area contributed by atoms with Crippen molar-refractivity contribution >= 4 is 39.3 Å². The third kappa shape index (κ3) is 5.99. The van der Waals surface area contributed by atoms with Gasteiger partial charge in [-0.1, -0.05) is 23.7 Å². The molecule has 47 heavy (non-hydrogen) atoms. The lowest BCUT2D eigenvalue weighted by molar-refractivity contribution is -0.155. The van der Waals surface area contributed by atoms with E-state index < -0.39 is 33.7 Å². The van der Waals surface area contributed by atoms with Gasteiger partial charge in [0.25, 0.3) is 15.9 Å². The van der Waals surface area contributed by atoms with Crippen LogP contribution in [0.25, 0.3) is 0 Å². The molecule has 2 fully saturated rings. The number of sulfonamides is 1. The number of anilines is 1. The van der Waals surface area contributed by atoms with E-state index in [1.165, 1.54) is 22.1 Å². The number of hydrogen-bond donors (Lipinski definition) is 1. The number of amides is 2. The van der Waals surface area contributed by atoms with Gasteiger partial charge in [-0.2, -0.15) is 0 Å². The highest BCUT2D eigenvalue weighted by atomic mass is 35.5. The zero-order chi connectivity index (χ0) is 33.0. The average molecular weight is 684 g/mol. The Morgan fingerprint density at radius 2 is 1.94 bits per heavy atom. The quantitative estimate of drug-likeness (QED) is 0.407. The molecule has 2 aromatic rings. The van der Waals surface area contributed by atoms with Crippen LogP contribution in [0.3, 0.4) is 0 Å². The predicted octanol–water partition coefficient (Wildman–Crippen LogP) is 5.22. The fourth-order valence-electron chi connectivity index (χ4n) is 7.90. The van der Waals surface area contributed by atoms with Gasteiger partial charge in [0.05, 0.1) is 23.8 Å². The largest absolute Gasteiger partial charge is 0.490 e. The minimum absolute atomic E-state index is 0.00520. The van der Waals surface area contributed by atoms with Gasteiger partial charge in [-0.25, -0.2) is 17.9 Å². The molecule has 4 atom stereocenters. The first-order chi connectivity index (χ1) is 22.5. The van der Waals surface area contributed by atoms with Gasteiger partial charge >= 0.3 is 6.09 Å². The van der Waals surface area contributed by atoms with E-state index in [4.69, 9.17) is 25.8 Å². The lowest BCUT2D eigenvalue weighted by Crippen LogP contribution is -2.55. The van der Waals surface area contributed by atoms with Gasteiger partial charge in [-0.15, -0.1) is 0 Å². The fourth-order valence-corrected chi connectivity index (χ4v) is 9.15. The van der Waals surface area contributed by atoms with Crippen LogP contribution in [0.4, 0.5) is 10.5 Å². The summed E-state index contributed by atoms with van der Waals surface area (Å²) in [5, 5.41) is 0.707. The highest BCUT2D eigenvalue weighted by Gasteiger charge is 2.48. The summed E-state index contributed by atoms with van der Waals surface area (Å²) in [6.07, 6.45) is 9.01. The minimum Gasteiger partial charge on any atom is -0.490 e. The van der Waals surface area contributed by atoms with Gasteiger partial charge in [0.2, 0.25) is 0 Å². The highest BCUT2D eigenvalue weighted by molar-refractivity contribution is 7.90. The van der Waals surface area contributed by atoms with Crippen LogP contribution in [0.5, 0.6) is 5.75 Å². The SMILES string of the molecule is CN(C)C(=O)O[C@H]1/C=C/COC2(CCC2)C(=O)NS(=O)(=O)c2ccc3c(c2)N(C[C@@H]2CC[C@H]21)C[C@@]1(CCCc2cc(Cl)ccc21)CO3. The molecule has 5 aliphatic rings. The molecule has 2 spiro atoms. The summed E-state index contributed by atoms with van der Waals surface area (Å²) in [7, 11) is -0.877. The van der Waals surface area contributed by atoms with Gasteiger partial charge in [0.15, 0.2) is 0 Å². The Kier molecular flexibility index (Phi) is 8.45. The second-order valence-corrected chi connectivity index (χ2v) is 16.1. The van der Waals surface area contributed by atoms with Crippen LogP contribution in [0, 0.1) is 11.8 Å². The van der Waals surface area contributed by atoms with E-state index in [-0.39, 0.29) is 28.8 Å². The molecule has 0 unspecified atom stereocenters. The second kappa shape index (κ2) is 12.3. The van der Waals surface area contributed by atoms with Crippen molar-refractivity contribution in [2.24, 2.45) is 11.8 Å². The zero-order valence-corrected chi connectivity index (χ0v) is 28.4. The van der Waals surface area contributed by atoms with Crippen LogP contribution < -0.4 is 14.4 Å². The van der Waals surface area contributed by atoms with Crippen molar-refractivity contribution in [2.75, 3.05) is 45.3 Å². The van der Waals surface area contributed by atoms with Gasteiger partial charge in [0.1, 0.15) is 17.5 Å². The third-order valence-electron chi connectivity index (χ3n) is 10.9. The number of rotatable bonds is 1. The Morgan fingerprint density at radius 1 is 1.11 bits per heavy atom. The molecule has 7 rings (SSSR count). The first-order valence-corrected chi connectivity index (χ1v) is 18.4. The van der Waals surface area contributed by atoms with Crippen molar-refractivity contribution in [1.29, 1.82) is 0 Å². The molecule has 1 N–H and O–H groups in total. The normalized spacial score (nSPS) is 29.9. The van der Waals surface area contributed by atoms with Crippen LogP contribution in [0.2, 0.25) is 5.02 Å². The van der Waals surface area contributed by atoms with Crippen molar-refractivity contribution in [3.05, 3.63) is 64.7 Å². The monoisotopic (exact) mass is 683 g/mol. The molecule has 2 heterocycles. The lowest BCUT2D eigenvalue weighted by Gasteiger charge is -2.46. The molecule has 2 amide bonds. The van der Waals surface area contributed by atoms with Crippen LogP contribution in [-0.2, 0) is 36.1 Å². The Labute approximate surface area is 281 Å². The number of benzene rings is 2. The minimum atomic E-state index is -4.20. The number of carbonyl (C=O) groups is 2. The van der Waals surface area contributed by atoms with E-state index >= 15 is 0 Å². The summed E-state index contributed by atoms with van der Waals surface area (Å²) in [5.74, 6) is 0.150. The maximum absolute atomic E-state index is 13.7. The number of ether oxygens (including phenoxy) is 3. The van der Waals surface area contributed by atoms with Gasteiger partial charge in [-0.3, -0.25) is 4.79 Å². The van der Waals surface area contributed by atoms with E-state index in [1.807, 2.05) is 18.2 Å². The van der Waals surface area contributed by atoms with Gasteiger partial charge in [0, 0.05) is 43.5 Å². The summed E-state index contributed by atoms with van der Waals surface area (Å²) < 4.78 is 48.3. The summed E-state index contributed by atoms with van der Waals surface area (Å²) >= 11 is 6.42. The molecule has 2 aromatic carbocycles. The number of fused-ring (bicyclic) bond motifs is 4. The fraction of sp³-hybridized carbons (Fsp3) is 0.543. The topological polar surface area (TPSA) is 114 Å². The van der Waals surface area contributed by atoms with Crippen LogP contribution in [-0.4, -0.2) is 77.4 Å². The second-order valence-electron chi connectivity index (χ2n) is 14.0. The van der Waals surface area contributed by atoms with Crippen molar-refractivity contribution < 1.29 is 32.2 Å². The molecule has 2 saturated carbocycles. The number of carbonyl (C=O) groups excluding carboxylic acids is 2. The maximum Gasteiger partial charge on any atom is 0.409 e. The van der Waals surface area contributed by atoms with Gasteiger partial charge in [-0.05, 0) is 105 Å². The average Bonchev–Trinajstić information content (AvgIpc) is 3.14. The molecule has 12 heteroatoms. The molecule has 2 aliphatic heterocycles. The van der Waals surface area contributed by atoms with E-state index in [9.17, 15) is 18.0 Å². The summed E-state index contributed by atoms with van der Waals surface area (Å²) in [6, 6.07) is 10.9. The number of aryl methyl sites for hydroxylation is 1. The van der Waals surface area contributed by atoms with E-state index in [0.717, 1.165) is 38.5 Å². The van der Waals surface area contributed by atoms with Crippen LogP contribution in [0.1, 0.15) is 56.1 Å². The summed E-state index contributed by atoms with van der Waals surface area (Å²) in [4.78, 5) is 29.9. The molecule has 0 aromatic heterocycles. The van der Waals surface area contributed by atoms with E-state index in [0.29, 0.717) is 49.0 Å². The third-order valence-corrected chi connectivity index (χ3v) is 12.4. The molecule has 0 saturated heterocycles. The Bertz CT molecular complexity index is 1710. The molecule has 0 radical (unpaired) electrons. The Morgan fingerprint density at radius 3 is 2.66 bits per heavy atom. The predicted molar refractivity (Wildman–Crippen MR) is 177 cm³/mol. The number of nitrogens with zero attached hydrogens (tertiary/aromatic N) is 2. The van der Waals surface area contributed by atoms with Crippen LogP contribution >= 0.6 is 11.6 Å². The van der Waals surface area contributed by atoms with Gasteiger partial charge < -0.3 is 24.0 Å². The number of hydrogen-bond acceptors (Lipinski definition) is 8. The smallest absolute Gasteiger partial charge is 0.409 e. The maximum atomic E-state index is 13.7.